The second-order valence-corrected chi connectivity index (χ2v) is 4.77. The van der Waals surface area contributed by atoms with E-state index in [2.05, 4.69) is 10.1 Å². The topological polar surface area (TPSA) is 57.0 Å². The van der Waals surface area contributed by atoms with Crippen molar-refractivity contribution >= 4 is 5.78 Å². The molecule has 0 N–H and O–H groups in total. The monoisotopic (exact) mass is 237 g/mol. The molecule has 0 bridgehead atoms. The number of nitrogens with zero attached hydrogens (tertiary/aromatic N) is 3. The van der Waals surface area contributed by atoms with Gasteiger partial charge in [0.05, 0.1) is 12.5 Å². The van der Waals surface area contributed by atoms with E-state index in [1.54, 1.807) is 4.68 Å². The molecule has 17 heavy (non-hydrogen) atoms. The average molecular weight is 237 g/mol. The predicted octanol–water partition coefficient (Wildman–Crippen LogP) is 1.54. The van der Waals surface area contributed by atoms with Crippen LogP contribution in [0.5, 0.6) is 0 Å². The van der Waals surface area contributed by atoms with Gasteiger partial charge < -0.3 is 4.74 Å². The molecule has 5 heteroatoms. The first-order valence-electron chi connectivity index (χ1n) is 6.18. The Bertz CT molecular complexity index is 381. The molecule has 0 amide bonds. The summed E-state index contributed by atoms with van der Waals surface area (Å²) in [5.41, 5.74) is 0. The molecule has 2 heterocycles. The van der Waals surface area contributed by atoms with E-state index in [0.717, 1.165) is 25.3 Å². The van der Waals surface area contributed by atoms with E-state index in [9.17, 15) is 4.79 Å². The minimum Gasteiger partial charge on any atom is -0.378 e. The molecule has 1 aliphatic rings. The third-order valence-corrected chi connectivity index (χ3v) is 2.97. The van der Waals surface area contributed by atoms with E-state index in [-0.39, 0.29) is 17.9 Å². The molecule has 2 rings (SSSR count). The standard InChI is InChI=1S/C12H19N3O2/c1-9(2)15-12(13-8-14-15)7-10(16)6-11-4-3-5-17-11/h8-9,11H,3-7H2,1-2H3. The lowest BCUT2D eigenvalue weighted by atomic mass is 10.1. The summed E-state index contributed by atoms with van der Waals surface area (Å²) in [7, 11) is 0. The minimum atomic E-state index is 0.123. The highest BCUT2D eigenvalue weighted by molar-refractivity contribution is 5.80. The number of carbonyl (C=O) groups is 1. The zero-order chi connectivity index (χ0) is 12.3. The van der Waals surface area contributed by atoms with Crippen LogP contribution in [-0.2, 0) is 16.0 Å². The Morgan fingerprint density at radius 3 is 3.12 bits per heavy atom. The Morgan fingerprint density at radius 2 is 2.47 bits per heavy atom. The summed E-state index contributed by atoms with van der Waals surface area (Å²) in [5.74, 6) is 0.940. The van der Waals surface area contributed by atoms with Crippen molar-refractivity contribution in [1.82, 2.24) is 14.8 Å². The molecule has 1 atom stereocenters. The van der Waals surface area contributed by atoms with Crippen molar-refractivity contribution in [3.63, 3.8) is 0 Å². The summed E-state index contributed by atoms with van der Waals surface area (Å²) in [6.45, 7) is 4.85. The van der Waals surface area contributed by atoms with Crippen LogP contribution in [0.4, 0.5) is 0 Å². The molecule has 0 aliphatic carbocycles. The Balaban J connectivity index is 1.90. The number of rotatable bonds is 5. The van der Waals surface area contributed by atoms with Gasteiger partial charge in [0.25, 0.3) is 0 Å². The van der Waals surface area contributed by atoms with E-state index in [0.29, 0.717) is 12.8 Å². The number of ether oxygens (including phenoxy) is 1. The number of ketones is 1. The molecule has 94 valence electrons. The maximum absolute atomic E-state index is 11.9. The largest absolute Gasteiger partial charge is 0.378 e. The van der Waals surface area contributed by atoms with E-state index in [1.165, 1.54) is 6.33 Å². The fourth-order valence-corrected chi connectivity index (χ4v) is 2.14. The minimum absolute atomic E-state index is 0.123. The van der Waals surface area contributed by atoms with Crippen LogP contribution in [-0.4, -0.2) is 33.3 Å². The third-order valence-electron chi connectivity index (χ3n) is 2.97. The first kappa shape index (κ1) is 12.2. The van der Waals surface area contributed by atoms with Gasteiger partial charge in [-0.3, -0.25) is 4.79 Å². The lowest BCUT2D eigenvalue weighted by Gasteiger charge is -2.10. The van der Waals surface area contributed by atoms with Gasteiger partial charge in [0.1, 0.15) is 17.9 Å². The highest BCUT2D eigenvalue weighted by atomic mass is 16.5. The Kier molecular flexibility index (Phi) is 3.89. The van der Waals surface area contributed by atoms with Gasteiger partial charge in [-0.2, -0.15) is 5.10 Å². The lowest BCUT2D eigenvalue weighted by Crippen LogP contribution is -2.17. The molecule has 0 spiro atoms. The van der Waals surface area contributed by atoms with Gasteiger partial charge in [-0.15, -0.1) is 0 Å². The predicted molar refractivity (Wildman–Crippen MR) is 62.7 cm³/mol. The van der Waals surface area contributed by atoms with Crippen molar-refractivity contribution in [3.05, 3.63) is 12.2 Å². The first-order chi connectivity index (χ1) is 8.16. The Labute approximate surface area is 101 Å². The van der Waals surface area contributed by atoms with Crippen LogP contribution in [0.15, 0.2) is 6.33 Å². The van der Waals surface area contributed by atoms with Crippen molar-refractivity contribution in [2.75, 3.05) is 6.61 Å². The summed E-state index contributed by atoms with van der Waals surface area (Å²) >= 11 is 0. The molecule has 1 fully saturated rings. The van der Waals surface area contributed by atoms with E-state index in [4.69, 9.17) is 4.74 Å². The average Bonchev–Trinajstić information content (AvgIpc) is 2.88. The molecule has 0 aromatic carbocycles. The van der Waals surface area contributed by atoms with Gasteiger partial charge >= 0.3 is 0 Å². The van der Waals surface area contributed by atoms with Gasteiger partial charge in [-0.25, -0.2) is 9.67 Å². The molecule has 1 saturated heterocycles. The van der Waals surface area contributed by atoms with E-state index < -0.39 is 0 Å². The molecular formula is C12H19N3O2. The Hall–Kier alpha value is -1.23. The molecule has 1 aromatic rings. The van der Waals surface area contributed by atoms with Crippen LogP contribution in [0.25, 0.3) is 0 Å². The number of carbonyl (C=O) groups excluding carboxylic acids is 1. The Morgan fingerprint density at radius 1 is 1.65 bits per heavy atom. The van der Waals surface area contributed by atoms with Crippen molar-refractivity contribution in [2.24, 2.45) is 0 Å². The third kappa shape index (κ3) is 3.12. The maximum atomic E-state index is 11.9. The zero-order valence-corrected chi connectivity index (χ0v) is 10.4. The number of aromatic nitrogens is 3. The van der Waals surface area contributed by atoms with Crippen molar-refractivity contribution < 1.29 is 9.53 Å². The fourth-order valence-electron chi connectivity index (χ4n) is 2.14. The molecule has 0 radical (unpaired) electrons. The smallest absolute Gasteiger partial charge is 0.143 e. The van der Waals surface area contributed by atoms with E-state index >= 15 is 0 Å². The van der Waals surface area contributed by atoms with Gasteiger partial charge in [-0.05, 0) is 26.7 Å². The molecular weight excluding hydrogens is 218 g/mol. The van der Waals surface area contributed by atoms with Crippen molar-refractivity contribution in [1.29, 1.82) is 0 Å². The summed E-state index contributed by atoms with van der Waals surface area (Å²) in [6, 6.07) is 0.239. The molecule has 1 aliphatic heterocycles. The second-order valence-electron chi connectivity index (χ2n) is 4.77. The SMILES string of the molecule is CC(C)n1ncnc1CC(=O)CC1CCCO1. The van der Waals surface area contributed by atoms with Crippen molar-refractivity contribution in [3.8, 4) is 0 Å². The van der Waals surface area contributed by atoms with Crippen LogP contribution in [0.3, 0.4) is 0 Å². The maximum Gasteiger partial charge on any atom is 0.143 e. The van der Waals surface area contributed by atoms with Gasteiger partial charge in [-0.1, -0.05) is 0 Å². The van der Waals surface area contributed by atoms with E-state index in [1.807, 2.05) is 13.8 Å². The molecule has 0 saturated carbocycles. The van der Waals surface area contributed by atoms with Crippen LogP contribution in [0.2, 0.25) is 0 Å². The summed E-state index contributed by atoms with van der Waals surface area (Å²) in [6.07, 6.45) is 4.57. The van der Waals surface area contributed by atoms with Gasteiger partial charge in [0.15, 0.2) is 0 Å². The van der Waals surface area contributed by atoms with Crippen molar-refractivity contribution in [2.45, 2.75) is 51.7 Å². The molecule has 1 aromatic heterocycles. The number of hydrogen-bond donors (Lipinski definition) is 0. The van der Waals surface area contributed by atoms with Crippen LogP contribution in [0, 0.1) is 0 Å². The highest BCUT2D eigenvalue weighted by Crippen LogP contribution is 2.16. The summed E-state index contributed by atoms with van der Waals surface area (Å²) in [4.78, 5) is 16.0. The number of Topliss-reactive ketones (excluding diaryl/α,β-unsaturated/α-hetero) is 1. The highest BCUT2D eigenvalue weighted by Gasteiger charge is 2.20. The van der Waals surface area contributed by atoms with Crippen LogP contribution >= 0.6 is 0 Å². The quantitative estimate of drug-likeness (QED) is 0.779. The van der Waals surface area contributed by atoms with Gasteiger partial charge in [0, 0.05) is 19.1 Å². The second kappa shape index (κ2) is 5.40. The first-order valence-corrected chi connectivity index (χ1v) is 6.18. The molecule has 5 nitrogen and oxygen atoms in total. The number of hydrogen-bond acceptors (Lipinski definition) is 4. The molecule has 1 unspecified atom stereocenters. The fraction of sp³-hybridized carbons (Fsp3) is 0.750. The lowest BCUT2D eigenvalue weighted by molar-refractivity contribution is -0.120. The van der Waals surface area contributed by atoms with Gasteiger partial charge in [0.2, 0.25) is 0 Å². The summed E-state index contributed by atoms with van der Waals surface area (Å²) in [5, 5.41) is 4.12. The normalized spacial score (nSPS) is 20.1. The van der Waals surface area contributed by atoms with Crippen LogP contribution in [0.1, 0.15) is 45.0 Å². The van der Waals surface area contributed by atoms with Crippen LogP contribution < -0.4 is 0 Å². The summed E-state index contributed by atoms with van der Waals surface area (Å²) < 4.78 is 7.26. The zero-order valence-electron chi connectivity index (χ0n) is 10.4.